The van der Waals surface area contributed by atoms with Gasteiger partial charge in [0.05, 0.1) is 12.5 Å². The van der Waals surface area contributed by atoms with Crippen LogP contribution in [0.4, 0.5) is 0 Å². The highest BCUT2D eigenvalue weighted by Gasteiger charge is 2.21. The third-order valence-electron chi connectivity index (χ3n) is 3.71. The van der Waals surface area contributed by atoms with Crippen LogP contribution in [0.5, 0.6) is 5.75 Å². The quantitative estimate of drug-likeness (QED) is 0.792. The average molecular weight is 313 g/mol. The van der Waals surface area contributed by atoms with Gasteiger partial charge in [-0.05, 0) is 44.4 Å². The summed E-state index contributed by atoms with van der Waals surface area (Å²) in [5.74, 6) is 1.29. The van der Waals surface area contributed by atoms with E-state index in [0.29, 0.717) is 13.2 Å². The van der Waals surface area contributed by atoms with Crippen LogP contribution >= 0.6 is 12.4 Å². The maximum atomic E-state index is 11.8. The molecule has 0 aromatic heterocycles. The lowest BCUT2D eigenvalue weighted by atomic mass is 10.1. The van der Waals surface area contributed by atoms with Gasteiger partial charge < -0.3 is 15.4 Å². The summed E-state index contributed by atoms with van der Waals surface area (Å²) >= 11 is 0. The minimum absolute atomic E-state index is 0. The van der Waals surface area contributed by atoms with Crippen molar-refractivity contribution in [3.63, 3.8) is 0 Å². The van der Waals surface area contributed by atoms with Crippen molar-refractivity contribution in [1.82, 2.24) is 10.6 Å². The molecule has 21 heavy (non-hydrogen) atoms. The number of carbonyl (C=O) groups is 1. The first kappa shape index (κ1) is 17.8. The fourth-order valence-electron chi connectivity index (χ4n) is 2.51. The predicted molar refractivity (Wildman–Crippen MR) is 87.3 cm³/mol. The summed E-state index contributed by atoms with van der Waals surface area (Å²) in [5, 5.41) is 6.18. The van der Waals surface area contributed by atoms with Crippen LogP contribution in [0.15, 0.2) is 18.2 Å². The summed E-state index contributed by atoms with van der Waals surface area (Å²) in [4.78, 5) is 11.8. The molecule has 1 saturated heterocycles. The van der Waals surface area contributed by atoms with E-state index in [9.17, 15) is 4.79 Å². The number of aryl methyl sites for hydroxylation is 2. The van der Waals surface area contributed by atoms with E-state index in [1.807, 2.05) is 6.07 Å². The van der Waals surface area contributed by atoms with E-state index in [1.54, 1.807) is 0 Å². The van der Waals surface area contributed by atoms with Gasteiger partial charge in [-0.25, -0.2) is 0 Å². The number of amides is 1. The number of nitrogens with one attached hydrogen (secondary N) is 2. The Morgan fingerprint density at radius 1 is 1.38 bits per heavy atom. The van der Waals surface area contributed by atoms with Gasteiger partial charge in [-0.3, -0.25) is 4.79 Å². The van der Waals surface area contributed by atoms with Gasteiger partial charge in [0, 0.05) is 13.1 Å². The standard InChI is InChI=1S/C16H24N2O2.ClH/c1-12-5-3-6-13(2)15(12)20-10-4-8-18-16(19)14-7-9-17-11-14;/h3,5-6,14,17H,4,7-11H2,1-2H3,(H,18,19);1H. The molecule has 1 fully saturated rings. The second-order valence-electron chi connectivity index (χ2n) is 5.40. The molecule has 1 heterocycles. The zero-order chi connectivity index (χ0) is 14.4. The maximum Gasteiger partial charge on any atom is 0.224 e. The number of benzene rings is 1. The molecule has 5 heteroatoms. The molecule has 1 unspecified atom stereocenters. The SMILES string of the molecule is Cc1cccc(C)c1OCCCNC(=O)C1CCNC1.Cl. The predicted octanol–water partition coefficient (Wildman–Crippen LogP) is 2.22. The van der Waals surface area contributed by atoms with Crippen molar-refractivity contribution in [3.8, 4) is 5.75 Å². The molecule has 0 radical (unpaired) electrons. The Morgan fingerprint density at radius 2 is 2.10 bits per heavy atom. The van der Waals surface area contributed by atoms with Crippen LogP contribution in [0, 0.1) is 19.8 Å². The molecule has 2 N–H and O–H groups in total. The van der Waals surface area contributed by atoms with Crippen LogP contribution < -0.4 is 15.4 Å². The van der Waals surface area contributed by atoms with Crippen LogP contribution in [0.25, 0.3) is 0 Å². The number of para-hydroxylation sites is 1. The molecule has 1 aromatic carbocycles. The van der Waals surface area contributed by atoms with Gasteiger partial charge in [0.1, 0.15) is 5.75 Å². The topological polar surface area (TPSA) is 50.4 Å². The van der Waals surface area contributed by atoms with Crippen molar-refractivity contribution in [2.24, 2.45) is 5.92 Å². The smallest absolute Gasteiger partial charge is 0.224 e. The first-order valence-corrected chi connectivity index (χ1v) is 7.36. The fraction of sp³-hybridized carbons (Fsp3) is 0.562. The third kappa shape index (κ3) is 5.21. The van der Waals surface area contributed by atoms with Crippen LogP contribution in [0.2, 0.25) is 0 Å². The van der Waals surface area contributed by atoms with Crippen LogP contribution in [0.3, 0.4) is 0 Å². The summed E-state index contributed by atoms with van der Waals surface area (Å²) in [5.41, 5.74) is 2.32. The Morgan fingerprint density at radius 3 is 2.71 bits per heavy atom. The molecule has 2 rings (SSSR count). The number of ether oxygens (including phenoxy) is 1. The van der Waals surface area contributed by atoms with Crippen molar-refractivity contribution in [3.05, 3.63) is 29.3 Å². The lowest BCUT2D eigenvalue weighted by Gasteiger charge is -2.13. The van der Waals surface area contributed by atoms with Gasteiger partial charge in [0.15, 0.2) is 0 Å². The second kappa shape index (κ2) is 8.90. The highest BCUT2D eigenvalue weighted by Crippen LogP contribution is 2.22. The largest absolute Gasteiger partial charge is 0.493 e. The van der Waals surface area contributed by atoms with Crippen molar-refractivity contribution >= 4 is 18.3 Å². The second-order valence-corrected chi connectivity index (χ2v) is 5.40. The van der Waals surface area contributed by atoms with Crippen LogP contribution in [0.1, 0.15) is 24.0 Å². The first-order valence-electron chi connectivity index (χ1n) is 7.36. The summed E-state index contributed by atoms with van der Waals surface area (Å²) in [6, 6.07) is 6.14. The van der Waals surface area contributed by atoms with Crippen molar-refractivity contribution in [2.45, 2.75) is 26.7 Å². The fourth-order valence-corrected chi connectivity index (χ4v) is 2.51. The van der Waals surface area contributed by atoms with Crippen LogP contribution in [-0.2, 0) is 4.79 Å². The van der Waals surface area contributed by atoms with Gasteiger partial charge in [0.25, 0.3) is 0 Å². The number of hydrogen-bond donors (Lipinski definition) is 2. The van der Waals surface area contributed by atoms with Gasteiger partial charge in [0.2, 0.25) is 5.91 Å². The molecule has 1 amide bonds. The number of carbonyl (C=O) groups excluding carboxylic acids is 1. The van der Waals surface area contributed by atoms with E-state index in [2.05, 4.69) is 36.6 Å². The third-order valence-corrected chi connectivity index (χ3v) is 3.71. The molecule has 0 bridgehead atoms. The molecule has 1 aromatic rings. The molecule has 1 aliphatic rings. The van der Waals surface area contributed by atoms with Gasteiger partial charge in [-0.2, -0.15) is 0 Å². The highest BCUT2D eigenvalue weighted by atomic mass is 35.5. The van der Waals surface area contributed by atoms with E-state index < -0.39 is 0 Å². The Bertz CT molecular complexity index is 439. The van der Waals surface area contributed by atoms with Gasteiger partial charge in [-0.1, -0.05) is 18.2 Å². The minimum Gasteiger partial charge on any atom is -0.493 e. The lowest BCUT2D eigenvalue weighted by Crippen LogP contribution is -2.33. The zero-order valence-electron chi connectivity index (χ0n) is 12.8. The van der Waals surface area contributed by atoms with Gasteiger partial charge in [-0.15, -0.1) is 12.4 Å². The molecule has 0 saturated carbocycles. The molecule has 118 valence electrons. The molecular weight excluding hydrogens is 288 g/mol. The maximum absolute atomic E-state index is 11.8. The number of halogens is 1. The molecule has 0 spiro atoms. The van der Waals surface area contributed by atoms with Crippen LogP contribution in [-0.4, -0.2) is 32.1 Å². The molecule has 4 nitrogen and oxygen atoms in total. The Kier molecular flexibility index (Phi) is 7.54. The zero-order valence-corrected chi connectivity index (χ0v) is 13.6. The Hall–Kier alpha value is -1.26. The summed E-state index contributed by atoms with van der Waals surface area (Å²) < 4.78 is 5.81. The summed E-state index contributed by atoms with van der Waals surface area (Å²) in [6.45, 7) is 7.18. The van der Waals surface area contributed by atoms with E-state index in [0.717, 1.165) is 42.8 Å². The van der Waals surface area contributed by atoms with Crippen molar-refractivity contribution in [1.29, 1.82) is 0 Å². The highest BCUT2D eigenvalue weighted by molar-refractivity contribution is 5.85. The molecule has 1 aliphatic heterocycles. The number of hydrogen-bond acceptors (Lipinski definition) is 3. The van der Waals surface area contributed by atoms with E-state index in [4.69, 9.17) is 4.74 Å². The number of rotatable bonds is 6. The minimum atomic E-state index is 0. The summed E-state index contributed by atoms with van der Waals surface area (Å²) in [6.07, 6.45) is 1.78. The Labute approximate surface area is 133 Å². The lowest BCUT2D eigenvalue weighted by molar-refractivity contribution is -0.124. The van der Waals surface area contributed by atoms with Crippen molar-refractivity contribution in [2.75, 3.05) is 26.2 Å². The van der Waals surface area contributed by atoms with Crippen molar-refractivity contribution < 1.29 is 9.53 Å². The monoisotopic (exact) mass is 312 g/mol. The van der Waals surface area contributed by atoms with E-state index >= 15 is 0 Å². The van der Waals surface area contributed by atoms with E-state index in [-0.39, 0.29) is 24.2 Å². The summed E-state index contributed by atoms with van der Waals surface area (Å²) in [7, 11) is 0. The molecular formula is C16H25ClN2O2. The first-order chi connectivity index (χ1) is 9.68. The Balaban J connectivity index is 0.00000220. The molecule has 1 atom stereocenters. The molecule has 0 aliphatic carbocycles. The normalized spacial score (nSPS) is 17.1. The van der Waals surface area contributed by atoms with E-state index in [1.165, 1.54) is 0 Å². The average Bonchev–Trinajstić information content (AvgIpc) is 2.95. The van der Waals surface area contributed by atoms with Gasteiger partial charge >= 0.3 is 0 Å².